The van der Waals surface area contributed by atoms with E-state index >= 15 is 0 Å². The van der Waals surface area contributed by atoms with Crippen LogP contribution in [-0.4, -0.2) is 19.4 Å². The number of fused-ring (bicyclic) bond motifs is 2. The third kappa shape index (κ3) is 2.63. The molecular formula is C21H16N2O4S. The van der Waals surface area contributed by atoms with Gasteiger partial charge in [0.2, 0.25) is 5.82 Å². The van der Waals surface area contributed by atoms with Crippen LogP contribution in [0.3, 0.4) is 0 Å². The average Bonchev–Trinajstić information content (AvgIpc) is 3.37. The fraction of sp³-hybridized carbons (Fsp3) is 0.0952. The highest BCUT2D eigenvalue weighted by molar-refractivity contribution is 8.01. The van der Waals surface area contributed by atoms with Crippen LogP contribution in [0.2, 0.25) is 0 Å². The number of ether oxygens (including phenoxy) is 2. The maximum atomic E-state index is 5.95. The first kappa shape index (κ1) is 16.8. The molecule has 1 aliphatic rings. The molecule has 0 radical (unpaired) electrons. The Bertz CT molecular complexity index is 1160. The molecule has 1 aliphatic heterocycles. The zero-order chi connectivity index (χ0) is 19.1. The van der Waals surface area contributed by atoms with Crippen LogP contribution < -0.4 is 18.8 Å². The predicted octanol–water partition coefficient (Wildman–Crippen LogP) is 5.33. The number of anilines is 1. The molecule has 7 heteroatoms. The van der Waals surface area contributed by atoms with E-state index in [1.165, 1.54) is 11.9 Å². The van der Waals surface area contributed by atoms with E-state index in [-0.39, 0.29) is 0 Å². The van der Waals surface area contributed by atoms with Crippen LogP contribution in [-0.2, 0) is 0 Å². The molecule has 6 nitrogen and oxygen atoms in total. The van der Waals surface area contributed by atoms with E-state index in [2.05, 4.69) is 5.16 Å². The van der Waals surface area contributed by atoms with Crippen molar-refractivity contribution in [1.29, 1.82) is 0 Å². The maximum Gasteiger partial charge on any atom is 0.230 e. The normalized spacial score (nSPS) is 12.7. The smallest absolute Gasteiger partial charge is 0.230 e. The number of methoxy groups -OCH3 is 2. The fourth-order valence-electron chi connectivity index (χ4n) is 3.20. The summed E-state index contributed by atoms with van der Waals surface area (Å²) < 4.78 is 18.3. The van der Waals surface area contributed by atoms with Crippen molar-refractivity contribution in [3.63, 3.8) is 0 Å². The van der Waals surface area contributed by atoms with Gasteiger partial charge in [-0.15, -0.1) is 4.47 Å². The Morgan fingerprint density at radius 2 is 1.71 bits per heavy atom. The second-order valence-corrected chi connectivity index (χ2v) is 7.07. The highest BCUT2D eigenvalue weighted by Crippen LogP contribution is 2.49. The lowest BCUT2D eigenvalue weighted by molar-refractivity contribution is 0.341. The number of benzene rings is 3. The first-order valence-electron chi connectivity index (χ1n) is 8.64. The summed E-state index contributed by atoms with van der Waals surface area (Å²) in [4.78, 5) is 6.84. The quantitative estimate of drug-likeness (QED) is 0.435. The van der Waals surface area contributed by atoms with Crippen molar-refractivity contribution in [2.75, 3.05) is 18.7 Å². The number of nitrogens with zero attached hydrogens (tertiary/aromatic N) is 2. The molecule has 0 aliphatic carbocycles. The van der Waals surface area contributed by atoms with Gasteiger partial charge in [0.1, 0.15) is 21.8 Å². The minimum atomic E-state index is 0.537. The van der Waals surface area contributed by atoms with Crippen molar-refractivity contribution in [2.45, 2.75) is 4.90 Å². The number of hydrogen-bond donors (Lipinski definition) is 0. The SMILES string of the molecule is COc1cccc2c1SN(c1noc3cc(-c4ccccc4)cc(OC)c13)O2. The van der Waals surface area contributed by atoms with E-state index in [0.717, 1.165) is 27.2 Å². The van der Waals surface area contributed by atoms with E-state index in [9.17, 15) is 0 Å². The lowest BCUT2D eigenvalue weighted by atomic mass is 10.0. The van der Waals surface area contributed by atoms with Crippen molar-refractivity contribution < 1.29 is 18.8 Å². The molecule has 0 unspecified atom stereocenters. The first-order valence-corrected chi connectivity index (χ1v) is 9.41. The molecule has 0 atom stereocenters. The summed E-state index contributed by atoms with van der Waals surface area (Å²) in [6.45, 7) is 0. The fourth-order valence-corrected chi connectivity index (χ4v) is 4.13. The molecule has 3 aromatic carbocycles. The molecule has 0 fully saturated rings. The van der Waals surface area contributed by atoms with Gasteiger partial charge >= 0.3 is 0 Å². The minimum absolute atomic E-state index is 0.537. The average molecular weight is 392 g/mol. The van der Waals surface area contributed by atoms with Gasteiger partial charge in [-0.25, -0.2) is 0 Å². The Hall–Kier alpha value is -3.32. The van der Waals surface area contributed by atoms with Crippen LogP contribution in [0.1, 0.15) is 0 Å². The summed E-state index contributed by atoms with van der Waals surface area (Å²) in [7, 11) is 3.27. The number of rotatable bonds is 4. The highest BCUT2D eigenvalue weighted by atomic mass is 32.2. The summed E-state index contributed by atoms with van der Waals surface area (Å²) in [6.07, 6.45) is 0. The Morgan fingerprint density at radius 1 is 0.893 bits per heavy atom. The summed E-state index contributed by atoms with van der Waals surface area (Å²) in [5, 5.41) is 4.99. The van der Waals surface area contributed by atoms with Gasteiger partial charge in [-0.1, -0.05) is 41.6 Å². The second-order valence-electron chi connectivity index (χ2n) is 6.15. The molecular weight excluding hydrogens is 376 g/mol. The van der Waals surface area contributed by atoms with Crippen LogP contribution in [0.15, 0.2) is 70.1 Å². The third-order valence-electron chi connectivity index (χ3n) is 4.54. The lowest BCUT2D eigenvalue weighted by Crippen LogP contribution is -2.14. The van der Waals surface area contributed by atoms with Crippen molar-refractivity contribution in [3.05, 3.63) is 60.7 Å². The van der Waals surface area contributed by atoms with Crippen LogP contribution in [0.4, 0.5) is 5.82 Å². The zero-order valence-corrected chi connectivity index (χ0v) is 16.0. The monoisotopic (exact) mass is 392 g/mol. The zero-order valence-electron chi connectivity index (χ0n) is 15.2. The van der Waals surface area contributed by atoms with Crippen LogP contribution in [0, 0.1) is 0 Å². The van der Waals surface area contributed by atoms with E-state index in [1.54, 1.807) is 18.7 Å². The van der Waals surface area contributed by atoms with E-state index in [4.69, 9.17) is 18.8 Å². The summed E-state index contributed by atoms with van der Waals surface area (Å²) >= 11 is 1.39. The van der Waals surface area contributed by atoms with Crippen molar-refractivity contribution in [1.82, 2.24) is 5.16 Å². The molecule has 0 bridgehead atoms. The Labute approximate surface area is 165 Å². The van der Waals surface area contributed by atoms with E-state index in [1.807, 2.05) is 60.7 Å². The van der Waals surface area contributed by atoms with Crippen LogP contribution in [0.25, 0.3) is 22.1 Å². The summed E-state index contributed by atoms with van der Waals surface area (Å²) in [5.41, 5.74) is 2.69. The van der Waals surface area contributed by atoms with Gasteiger partial charge in [0.25, 0.3) is 0 Å². The molecule has 0 N–H and O–H groups in total. The Balaban J connectivity index is 1.59. The lowest BCUT2D eigenvalue weighted by Gasteiger charge is -2.12. The molecule has 28 heavy (non-hydrogen) atoms. The van der Waals surface area contributed by atoms with Gasteiger partial charge < -0.3 is 18.8 Å². The first-order chi connectivity index (χ1) is 13.8. The molecule has 0 saturated carbocycles. The van der Waals surface area contributed by atoms with Gasteiger partial charge in [-0.2, -0.15) is 0 Å². The molecule has 2 heterocycles. The van der Waals surface area contributed by atoms with Crippen LogP contribution >= 0.6 is 11.9 Å². The number of hydrogen-bond acceptors (Lipinski definition) is 7. The van der Waals surface area contributed by atoms with Gasteiger partial charge in [-0.3, -0.25) is 0 Å². The summed E-state index contributed by atoms with van der Waals surface area (Å²) in [6, 6.07) is 19.7. The molecule has 0 spiro atoms. The highest BCUT2D eigenvalue weighted by Gasteiger charge is 2.31. The minimum Gasteiger partial charge on any atom is -0.496 e. The largest absolute Gasteiger partial charge is 0.496 e. The topological polar surface area (TPSA) is 57.0 Å². The van der Waals surface area contributed by atoms with Gasteiger partial charge in [0, 0.05) is 11.9 Å². The summed E-state index contributed by atoms with van der Waals surface area (Å²) in [5.74, 6) is 2.66. The number of aromatic nitrogens is 1. The predicted molar refractivity (Wildman–Crippen MR) is 108 cm³/mol. The molecule has 5 rings (SSSR count). The van der Waals surface area contributed by atoms with Gasteiger partial charge in [-0.05, 0) is 35.4 Å². The van der Waals surface area contributed by atoms with E-state index < -0.39 is 0 Å². The second kappa shape index (κ2) is 6.69. The van der Waals surface area contributed by atoms with Crippen molar-refractivity contribution >= 4 is 28.7 Å². The Morgan fingerprint density at radius 3 is 2.50 bits per heavy atom. The van der Waals surface area contributed by atoms with Crippen molar-refractivity contribution in [2.24, 2.45) is 0 Å². The van der Waals surface area contributed by atoms with Gasteiger partial charge in [0.15, 0.2) is 11.3 Å². The molecule has 0 saturated heterocycles. The van der Waals surface area contributed by atoms with Crippen LogP contribution in [0.5, 0.6) is 17.2 Å². The molecule has 4 aromatic rings. The maximum absolute atomic E-state index is 5.95. The van der Waals surface area contributed by atoms with Gasteiger partial charge in [0.05, 0.1) is 14.2 Å². The molecule has 140 valence electrons. The van der Waals surface area contributed by atoms with E-state index in [0.29, 0.717) is 22.9 Å². The third-order valence-corrected chi connectivity index (χ3v) is 5.54. The molecule has 1 aromatic heterocycles. The standard InChI is InChI=1S/C21H16N2O4S/c1-24-15-9-6-10-16-20(15)28-23(27-16)21-19-17(25-2)11-14(12-18(19)26-22-21)13-7-4-3-5-8-13/h3-12H,1-2H3. The molecule has 0 amide bonds. The van der Waals surface area contributed by atoms with Crippen molar-refractivity contribution in [3.8, 4) is 28.4 Å². The Kier molecular flexibility index (Phi) is 4.02.